The lowest BCUT2D eigenvalue weighted by atomic mass is 9.99. The molecule has 3 rings (SSSR count). The fourth-order valence-electron chi connectivity index (χ4n) is 3.19. The average molecular weight is 402 g/mol. The summed E-state index contributed by atoms with van der Waals surface area (Å²) >= 11 is 1.45. The van der Waals surface area contributed by atoms with Crippen molar-refractivity contribution in [2.24, 2.45) is 0 Å². The molecule has 1 heterocycles. The lowest BCUT2D eigenvalue weighted by Gasteiger charge is -2.29. The Balaban J connectivity index is 1.56. The van der Waals surface area contributed by atoms with Gasteiger partial charge in [-0.3, -0.25) is 14.9 Å². The number of hydrogen-bond acceptors (Lipinski definition) is 6. The summed E-state index contributed by atoms with van der Waals surface area (Å²) in [6.07, 6.45) is 0.834. The van der Waals surface area contributed by atoms with E-state index >= 15 is 0 Å². The van der Waals surface area contributed by atoms with Crippen LogP contribution in [0.1, 0.15) is 16.7 Å². The molecule has 0 aromatic heterocycles. The van der Waals surface area contributed by atoms with Crippen molar-refractivity contribution < 1.29 is 19.2 Å². The molecule has 0 bridgehead atoms. The molecule has 0 atom stereocenters. The minimum absolute atomic E-state index is 0.0616. The largest absolute Gasteiger partial charge is 0.497 e. The molecule has 2 aromatic carbocycles. The normalized spacial score (nSPS) is 13.0. The number of methoxy groups -OCH3 is 2. The summed E-state index contributed by atoms with van der Waals surface area (Å²) in [5.41, 5.74) is 3.10. The number of benzene rings is 2. The molecule has 0 saturated carbocycles. The molecule has 0 unspecified atom stereocenters. The molecular weight excluding hydrogens is 380 g/mol. The van der Waals surface area contributed by atoms with Gasteiger partial charge in [0.05, 0.1) is 24.9 Å². The first-order chi connectivity index (χ1) is 13.5. The third-order valence-electron chi connectivity index (χ3n) is 4.71. The van der Waals surface area contributed by atoms with Crippen LogP contribution >= 0.6 is 11.8 Å². The van der Waals surface area contributed by atoms with Crippen molar-refractivity contribution in [3.05, 3.63) is 63.2 Å². The van der Waals surface area contributed by atoms with Gasteiger partial charge in [0.15, 0.2) is 5.75 Å². The second-order valence-electron chi connectivity index (χ2n) is 6.46. The molecule has 0 radical (unpaired) electrons. The third kappa shape index (κ3) is 4.56. The number of rotatable bonds is 7. The molecule has 0 saturated heterocycles. The predicted molar refractivity (Wildman–Crippen MR) is 108 cm³/mol. The van der Waals surface area contributed by atoms with Crippen LogP contribution in [0.25, 0.3) is 0 Å². The molecule has 1 aliphatic heterocycles. The highest BCUT2D eigenvalue weighted by Gasteiger charge is 2.21. The lowest BCUT2D eigenvalue weighted by molar-refractivity contribution is -0.385. The Hall–Kier alpha value is -2.74. The standard InChI is InChI=1S/C20H22N2O5S/c1-26-17-5-4-15-7-8-21(11-16(15)10-17)20(23)13-28-12-14-3-6-19(27-2)18(9-14)22(24)25/h3-6,9-10H,7-8,11-13H2,1-2H3. The van der Waals surface area contributed by atoms with E-state index in [1.54, 1.807) is 19.2 Å². The van der Waals surface area contributed by atoms with Gasteiger partial charge >= 0.3 is 5.69 Å². The van der Waals surface area contributed by atoms with Crippen molar-refractivity contribution in [3.63, 3.8) is 0 Å². The van der Waals surface area contributed by atoms with Crippen molar-refractivity contribution in [1.82, 2.24) is 4.90 Å². The van der Waals surface area contributed by atoms with E-state index in [1.807, 2.05) is 17.0 Å². The van der Waals surface area contributed by atoms with Gasteiger partial charge in [0.25, 0.3) is 0 Å². The molecule has 0 aliphatic carbocycles. The zero-order valence-electron chi connectivity index (χ0n) is 15.8. The van der Waals surface area contributed by atoms with Gasteiger partial charge < -0.3 is 14.4 Å². The van der Waals surface area contributed by atoms with Gasteiger partial charge in [0, 0.05) is 24.9 Å². The molecule has 0 N–H and O–H groups in total. The predicted octanol–water partition coefficient (Wildman–Crippen LogP) is 3.43. The van der Waals surface area contributed by atoms with E-state index in [4.69, 9.17) is 9.47 Å². The quantitative estimate of drug-likeness (QED) is 0.521. The smallest absolute Gasteiger partial charge is 0.311 e. The minimum Gasteiger partial charge on any atom is -0.497 e. The Morgan fingerprint density at radius 1 is 1.18 bits per heavy atom. The highest BCUT2D eigenvalue weighted by molar-refractivity contribution is 7.99. The number of nitro groups is 1. The Kier molecular flexibility index (Phi) is 6.41. The number of ether oxygens (including phenoxy) is 2. The monoisotopic (exact) mass is 402 g/mol. The molecule has 1 aliphatic rings. The number of hydrogen-bond donors (Lipinski definition) is 0. The first-order valence-electron chi connectivity index (χ1n) is 8.84. The SMILES string of the molecule is COc1ccc2c(c1)CN(C(=O)CSCc1ccc(OC)c([N+](=O)[O-])c1)CC2. The van der Waals surface area contributed by atoms with Gasteiger partial charge in [-0.15, -0.1) is 11.8 Å². The summed E-state index contributed by atoms with van der Waals surface area (Å²) in [4.78, 5) is 25.1. The van der Waals surface area contributed by atoms with Crippen LogP contribution in [0.3, 0.4) is 0 Å². The maximum Gasteiger partial charge on any atom is 0.311 e. The van der Waals surface area contributed by atoms with Crippen LogP contribution < -0.4 is 9.47 Å². The number of nitro benzene ring substituents is 1. The Bertz CT molecular complexity index is 887. The maximum absolute atomic E-state index is 12.6. The van der Waals surface area contributed by atoms with Crippen molar-refractivity contribution in [2.45, 2.75) is 18.7 Å². The average Bonchev–Trinajstić information content (AvgIpc) is 2.72. The Morgan fingerprint density at radius 2 is 2.00 bits per heavy atom. The van der Waals surface area contributed by atoms with Crippen LogP contribution in [-0.2, 0) is 23.5 Å². The van der Waals surface area contributed by atoms with E-state index in [0.29, 0.717) is 24.6 Å². The van der Waals surface area contributed by atoms with Crippen molar-refractivity contribution in [1.29, 1.82) is 0 Å². The molecule has 8 heteroatoms. The van der Waals surface area contributed by atoms with Gasteiger partial charge in [-0.2, -0.15) is 0 Å². The van der Waals surface area contributed by atoms with Crippen molar-refractivity contribution in [2.75, 3.05) is 26.5 Å². The first-order valence-corrected chi connectivity index (χ1v) is 10.00. The molecule has 148 valence electrons. The molecule has 7 nitrogen and oxygen atoms in total. The van der Waals surface area contributed by atoms with Crippen LogP contribution in [0, 0.1) is 10.1 Å². The fourth-order valence-corrected chi connectivity index (χ4v) is 4.06. The van der Waals surface area contributed by atoms with Crippen LogP contribution in [-0.4, -0.2) is 42.2 Å². The van der Waals surface area contributed by atoms with E-state index in [-0.39, 0.29) is 17.3 Å². The first kappa shape index (κ1) is 20.0. The van der Waals surface area contributed by atoms with Gasteiger partial charge in [-0.25, -0.2) is 0 Å². The van der Waals surface area contributed by atoms with Crippen LogP contribution in [0.5, 0.6) is 11.5 Å². The summed E-state index contributed by atoms with van der Waals surface area (Å²) in [7, 11) is 3.04. The zero-order chi connectivity index (χ0) is 20.1. The van der Waals surface area contributed by atoms with Gasteiger partial charge in [0.1, 0.15) is 5.75 Å². The summed E-state index contributed by atoms with van der Waals surface area (Å²) in [5, 5.41) is 11.1. The van der Waals surface area contributed by atoms with E-state index in [0.717, 1.165) is 23.3 Å². The lowest BCUT2D eigenvalue weighted by Crippen LogP contribution is -2.37. The van der Waals surface area contributed by atoms with Crippen molar-refractivity contribution in [3.8, 4) is 11.5 Å². The highest BCUT2D eigenvalue weighted by Crippen LogP contribution is 2.29. The highest BCUT2D eigenvalue weighted by atomic mass is 32.2. The number of carbonyl (C=O) groups excluding carboxylic acids is 1. The van der Waals surface area contributed by atoms with E-state index in [9.17, 15) is 14.9 Å². The third-order valence-corrected chi connectivity index (χ3v) is 5.70. The maximum atomic E-state index is 12.6. The van der Waals surface area contributed by atoms with Crippen LogP contribution in [0.15, 0.2) is 36.4 Å². The number of thioether (sulfide) groups is 1. The molecule has 0 fully saturated rings. The summed E-state index contributed by atoms with van der Waals surface area (Å²) in [6.45, 7) is 1.28. The van der Waals surface area contributed by atoms with Gasteiger partial charge in [-0.05, 0) is 41.3 Å². The topological polar surface area (TPSA) is 81.9 Å². The summed E-state index contributed by atoms with van der Waals surface area (Å²) < 4.78 is 10.3. The second kappa shape index (κ2) is 8.97. The number of nitrogens with zero attached hydrogens (tertiary/aromatic N) is 2. The van der Waals surface area contributed by atoms with Crippen LogP contribution in [0.4, 0.5) is 5.69 Å². The second-order valence-corrected chi connectivity index (χ2v) is 7.44. The van der Waals surface area contributed by atoms with Crippen LogP contribution in [0.2, 0.25) is 0 Å². The zero-order valence-corrected chi connectivity index (χ0v) is 16.7. The molecular formula is C20H22N2O5S. The van der Waals surface area contributed by atoms with E-state index in [2.05, 4.69) is 6.07 Å². The number of fused-ring (bicyclic) bond motifs is 1. The molecule has 1 amide bonds. The molecule has 28 heavy (non-hydrogen) atoms. The summed E-state index contributed by atoms with van der Waals surface area (Å²) in [6, 6.07) is 10.9. The molecule has 2 aromatic rings. The Labute approximate surface area is 167 Å². The number of carbonyl (C=O) groups is 1. The molecule has 0 spiro atoms. The Morgan fingerprint density at radius 3 is 2.71 bits per heavy atom. The van der Waals surface area contributed by atoms with E-state index < -0.39 is 4.92 Å². The number of amides is 1. The minimum atomic E-state index is -0.461. The fraction of sp³-hybridized carbons (Fsp3) is 0.350. The van der Waals surface area contributed by atoms with Crippen molar-refractivity contribution >= 4 is 23.4 Å². The van der Waals surface area contributed by atoms with E-state index in [1.165, 1.54) is 30.5 Å². The summed E-state index contributed by atoms with van der Waals surface area (Å²) in [5.74, 6) is 1.95. The van der Waals surface area contributed by atoms with Gasteiger partial charge in [-0.1, -0.05) is 12.1 Å². The van der Waals surface area contributed by atoms with Gasteiger partial charge in [0.2, 0.25) is 5.91 Å².